The summed E-state index contributed by atoms with van der Waals surface area (Å²) in [5, 5.41) is 3.28. The molecule has 1 saturated heterocycles. The number of amides is 1. The van der Waals surface area contributed by atoms with Crippen LogP contribution in [0.5, 0.6) is 11.5 Å². The molecule has 1 atom stereocenters. The molecule has 2 aliphatic heterocycles. The minimum atomic E-state index is 0.0628. The molecule has 2 heterocycles. The molecule has 1 amide bonds. The van der Waals surface area contributed by atoms with E-state index in [1.165, 1.54) is 12.8 Å². The average molecular weight is 465 g/mol. The van der Waals surface area contributed by atoms with E-state index in [2.05, 4.69) is 16.3 Å². The normalized spacial score (nSPS) is 16.2. The van der Waals surface area contributed by atoms with E-state index in [4.69, 9.17) is 9.47 Å². The van der Waals surface area contributed by atoms with Crippen molar-refractivity contribution < 1.29 is 19.1 Å². The third kappa shape index (κ3) is 7.32. The molecule has 1 unspecified atom stereocenters. The Bertz CT molecular complexity index is 941. The van der Waals surface area contributed by atoms with Gasteiger partial charge in [0.25, 0.3) is 0 Å². The standard InChI is InChI=1S/C28H36N2O4/c31-25(23-9-3-1-4-10-23)11-5-2-6-12-28(32)29-24(21-30-15-7-8-16-30)19-22-13-14-26-27(20-22)34-18-17-33-26/h1,3-4,9-10,13-14,20,24H,2,5-8,11-12,15-19,21H2,(H,29,32). The Morgan fingerprint density at radius 1 is 0.882 bits per heavy atom. The highest BCUT2D eigenvalue weighted by molar-refractivity contribution is 5.95. The Morgan fingerprint density at radius 3 is 2.41 bits per heavy atom. The zero-order valence-corrected chi connectivity index (χ0v) is 20.0. The van der Waals surface area contributed by atoms with Crippen molar-refractivity contribution in [2.75, 3.05) is 32.8 Å². The zero-order chi connectivity index (χ0) is 23.6. The maximum Gasteiger partial charge on any atom is 0.220 e. The van der Waals surface area contributed by atoms with Crippen molar-refractivity contribution in [3.05, 3.63) is 59.7 Å². The number of nitrogens with one attached hydrogen (secondary N) is 1. The minimum Gasteiger partial charge on any atom is -0.486 e. The number of likely N-dealkylation sites (tertiary alicyclic amines) is 1. The first-order chi connectivity index (χ1) is 16.7. The lowest BCUT2D eigenvalue weighted by atomic mass is 10.0. The predicted molar refractivity (Wildman–Crippen MR) is 133 cm³/mol. The quantitative estimate of drug-likeness (QED) is 0.372. The van der Waals surface area contributed by atoms with E-state index in [0.29, 0.717) is 26.1 Å². The van der Waals surface area contributed by atoms with Gasteiger partial charge in [-0.3, -0.25) is 9.59 Å². The highest BCUT2D eigenvalue weighted by Gasteiger charge is 2.21. The van der Waals surface area contributed by atoms with Crippen molar-refractivity contribution in [2.45, 2.75) is 57.4 Å². The molecule has 0 aliphatic carbocycles. The van der Waals surface area contributed by atoms with Crippen LogP contribution in [-0.4, -0.2) is 55.5 Å². The van der Waals surface area contributed by atoms with Gasteiger partial charge in [0.2, 0.25) is 5.91 Å². The summed E-state index contributed by atoms with van der Waals surface area (Å²) in [7, 11) is 0. The SMILES string of the molecule is O=C(CCCCCC(=O)c1ccccc1)NC(Cc1ccc2c(c1)OCCO2)CN1CCCC1. The second-order valence-electron chi connectivity index (χ2n) is 9.30. The molecule has 6 heteroatoms. The second-order valence-corrected chi connectivity index (χ2v) is 9.30. The molecule has 4 rings (SSSR count). The minimum absolute atomic E-state index is 0.0628. The summed E-state index contributed by atoms with van der Waals surface area (Å²) >= 11 is 0. The topological polar surface area (TPSA) is 67.9 Å². The Labute approximate surface area is 202 Å². The lowest BCUT2D eigenvalue weighted by molar-refractivity contribution is -0.122. The molecule has 34 heavy (non-hydrogen) atoms. The van der Waals surface area contributed by atoms with Gasteiger partial charge in [0.15, 0.2) is 17.3 Å². The molecular weight excluding hydrogens is 428 g/mol. The van der Waals surface area contributed by atoms with Crippen LogP contribution < -0.4 is 14.8 Å². The predicted octanol–water partition coefficient (Wildman–Crippen LogP) is 4.41. The third-order valence-electron chi connectivity index (χ3n) is 6.53. The smallest absolute Gasteiger partial charge is 0.220 e. The van der Waals surface area contributed by atoms with Gasteiger partial charge < -0.3 is 19.7 Å². The molecule has 0 aromatic heterocycles. The molecule has 182 valence electrons. The molecule has 2 aromatic carbocycles. The van der Waals surface area contributed by atoms with Gasteiger partial charge in [-0.2, -0.15) is 0 Å². The Balaban J connectivity index is 1.23. The van der Waals surface area contributed by atoms with E-state index in [1.807, 2.05) is 42.5 Å². The number of ether oxygens (including phenoxy) is 2. The van der Waals surface area contributed by atoms with Crippen LogP contribution in [0.3, 0.4) is 0 Å². The fraction of sp³-hybridized carbons (Fsp3) is 0.500. The number of benzene rings is 2. The third-order valence-corrected chi connectivity index (χ3v) is 6.53. The van der Waals surface area contributed by atoms with Crippen molar-refractivity contribution >= 4 is 11.7 Å². The van der Waals surface area contributed by atoms with E-state index < -0.39 is 0 Å². The fourth-order valence-corrected chi connectivity index (χ4v) is 4.75. The average Bonchev–Trinajstić information content (AvgIpc) is 3.37. The molecule has 0 saturated carbocycles. The molecule has 2 aromatic rings. The molecule has 0 spiro atoms. The Kier molecular flexibility index (Phi) is 8.97. The summed E-state index contributed by atoms with van der Waals surface area (Å²) in [6, 6.07) is 15.6. The molecule has 0 radical (unpaired) electrons. The van der Waals surface area contributed by atoms with Crippen molar-refractivity contribution in [3.63, 3.8) is 0 Å². The number of carbonyl (C=O) groups excluding carboxylic acids is 2. The number of hydrogen-bond acceptors (Lipinski definition) is 5. The fourth-order valence-electron chi connectivity index (χ4n) is 4.75. The van der Waals surface area contributed by atoms with Crippen molar-refractivity contribution in [2.24, 2.45) is 0 Å². The van der Waals surface area contributed by atoms with Crippen LogP contribution in [0.4, 0.5) is 0 Å². The Morgan fingerprint density at radius 2 is 1.62 bits per heavy atom. The zero-order valence-electron chi connectivity index (χ0n) is 20.0. The Hall–Kier alpha value is -2.86. The number of fused-ring (bicyclic) bond motifs is 1. The monoisotopic (exact) mass is 464 g/mol. The van der Waals surface area contributed by atoms with Crippen molar-refractivity contribution in [1.29, 1.82) is 0 Å². The van der Waals surface area contributed by atoms with Crippen molar-refractivity contribution in [3.8, 4) is 11.5 Å². The molecule has 2 aliphatic rings. The summed E-state index contributed by atoms with van der Waals surface area (Å²) in [5.41, 5.74) is 1.91. The number of unbranched alkanes of at least 4 members (excludes halogenated alkanes) is 2. The van der Waals surface area contributed by atoms with Crippen LogP contribution in [0.15, 0.2) is 48.5 Å². The number of rotatable bonds is 12. The van der Waals surface area contributed by atoms with Gasteiger partial charge in [-0.1, -0.05) is 42.8 Å². The summed E-state index contributed by atoms with van der Waals surface area (Å²) in [6.07, 6.45) is 6.75. The van der Waals surface area contributed by atoms with Crippen LogP contribution in [0.25, 0.3) is 0 Å². The molecular formula is C28H36N2O4. The first kappa shape index (κ1) is 24.3. The van der Waals surface area contributed by atoms with Crippen molar-refractivity contribution in [1.82, 2.24) is 10.2 Å². The van der Waals surface area contributed by atoms with Crippen LogP contribution in [0.2, 0.25) is 0 Å². The summed E-state index contributed by atoms with van der Waals surface area (Å²) in [4.78, 5) is 27.4. The van der Waals surface area contributed by atoms with E-state index in [-0.39, 0.29) is 17.7 Å². The van der Waals surface area contributed by atoms with Gasteiger partial charge in [0.05, 0.1) is 0 Å². The number of carbonyl (C=O) groups is 2. The summed E-state index contributed by atoms with van der Waals surface area (Å²) < 4.78 is 11.4. The first-order valence-electron chi connectivity index (χ1n) is 12.7. The molecule has 0 bridgehead atoms. The first-order valence-corrected chi connectivity index (χ1v) is 12.7. The number of ketones is 1. The van der Waals surface area contributed by atoms with Crippen LogP contribution in [0, 0.1) is 0 Å². The number of hydrogen-bond donors (Lipinski definition) is 1. The highest BCUT2D eigenvalue weighted by Crippen LogP contribution is 2.31. The van der Waals surface area contributed by atoms with E-state index in [9.17, 15) is 9.59 Å². The van der Waals surface area contributed by atoms with Gasteiger partial charge in [-0.25, -0.2) is 0 Å². The van der Waals surface area contributed by atoms with Crippen LogP contribution in [-0.2, 0) is 11.2 Å². The van der Waals surface area contributed by atoms with Gasteiger partial charge in [0.1, 0.15) is 13.2 Å². The molecule has 1 N–H and O–H groups in total. The van der Waals surface area contributed by atoms with Gasteiger partial charge in [0, 0.05) is 31.0 Å². The summed E-state index contributed by atoms with van der Waals surface area (Å²) in [5.74, 6) is 1.85. The number of Topliss-reactive ketones (excluding diaryl/α,β-unsaturated/α-hetero) is 1. The largest absolute Gasteiger partial charge is 0.486 e. The molecule has 6 nitrogen and oxygen atoms in total. The van der Waals surface area contributed by atoms with E-state index in [0.717, 1.165) is 67.9 Å². The van der Waals surface area contributed by atoms with E-state index >= 15 is 0 Å². The lowest BCUT2D eigenvalue weighted by Gasteiger charge is -2.25. The number of nitrogens with zero attached hydrogens (tertiary/aromatic N) is 1. The lowest BCUT2D eigenvalue weighted by Crippen LogP contribution is -2.44. The molecule has 1 fully saturated rings. The van der Waals surface area contributed by atoms with Gasteiger partial charge in [-0.15, -0.1) is 0 Å². The van der Waals surface area contributed by atoms with Crippen LogP contribution >= 0.6 is 0 Å². The van der Waals surface area contributed by atoms with Crippen LogP contribution in [0.1, 0.15) is 60.9 Å². The van der Waals surface area contributed by atoms with Gasteiger partial charge in [-0.05, 0) is 62.9 Å². The summed E-state index contributed by atoms with van der Waals surface area (Å²) in [6.45, 7) is 4.22. The highest BCUT2D eigenvalue weighted by atomic mass is 16.6. The van der Waals surface area contributed by atoms with Gasteiger partial charge >= 0.3 is 0 Å². The second kappa shape index (κ2) is 12.6. The maximum atomic E-state index is 12.7. The van der Waals surface area contributed by atoms with E-state index in [1.54, 1.807) is 0 Å². The maximum absolute atomic E-state index is 12.7.